The second-order valence-electron chi connectivity index (χ2n) is 9.29. The molecule has 0 bridgehead atoms. The third-order valence-electron chi connectivity index (χ3n) is 6.32. The summed E-state index contributed by atoms with van der Waals surface area (Å²) >= 11 is 0. The van der Waals surface area contributed by atoms with Gasteiger partial charge in [0.15, 0.2) is 11.5 Å². The zero-order chi connectivity index (χ0) is 28.0. The summed E-state index contributed by atoms with van der Waals surface area (Å²) in [6.45, 7) is 7.57. The topological polar surface area (TPSA) is 67.9 Å². The second-order valence-corrected chi connectivity index (χ2v) is 9.29. The summed E-state index contributed by atoms with van der Waals surface area (Å²) in [6.07, 6.45) is 1.84. The minimum Gasteiger partial charge on any atom is -0.490 e. The average molecular weight is 535 g/mol. The first kappa shape index (κ1) is 29.7. The van der Waals surface area contributed by atoms with Crippen LogP contribution >= 0.6 is 0 Å². The first-order valence-corrected chi connectivity index (χ1v) is 13.7. The van der Waals surface area contributed by atoms with Crippen LogP contribution < -0.4 is 14.8 Å². The molecule has 7 heteroatoms. The van der Waals surface area contributed by atoms with E-state index in [1.54, 1.807) is 17.0 Å². The number of aryl methyl sites for hydroxylation is 1. The van der Waals surface area contributed by atoms with E-state index in [1.807, 2.05) is 69.3 Å². The van der Waals surface area contributed by atoms with E-state index in [0.717, 1.165) is 23.1 Å². The standard InChI is InChI=1S/C32H39FN2O4/c1-4-20-34-32(37)28(21-24-10-8-7-9-11-24)35(23-26-12-16-27(33)17-13-26)31(36)19-15-25-14-18-29(38-5-2)30(22-25)39-6-3/h7-14,16-18,22,28H,4-6,15,19-21,23H2,1-3H3,(H,34,37). The normalized spacial score (nSPS) is 11.5. The Morgan fingerprint density at radius 1 is 0.846 bits per heavy atom. The first-order chi connectivity index (χ1) is 18.9. The van der Waals surface area contributed by atoms with Crippen molar-refractivity contribution in [1.82, 2.24) is 10.2 Å². The highest BCUT2D eigenvalue weighted by Gasteiger charge is 2.30. The Morgan fingerprint density at radius 3 is 2.18 bits per heavy atom. The number of hydrogen-bond donors (Lipinski definition) is 1. The molecule has 0 fully saturated rings. The predicted octanol–water partition coefficient (Wildman–Crippen LogP) is 5.72. The van der Waals surface area contributed by atoms with Gasteiger partial charge in [-0.3, -0.25) is 9.59 Å². The van der Waals surface area contributed by atoms with Crippen LogP contribution in [0, 0.1) is 5.82 Å². The minimum atomic E-state index is -0.712. The van der Waals surface area contributed by atoms with Gasteiger partial charge in [0.05, 0.1) is 13.2 Å². The van der Waals surface area contributed by atoms with Gasteiger partial charge in [-0.15, -0.1) is 0 Å². The Hall–Kier alpha value is -3.87. The largest absolute Gasteiger partial charge is 0.490 e. The summed E-state index contributed by atoms with van der Waals surface area (Å²) in [5, 5.41) is 2.97. The highest BCUT2D eigenvalue weighted by molar-refractivity contribution is 5.88. The van der Waals surface area contributed by atoms with Gasteiger partial charge in [-0.2, -0.15) is 0 Å². The Kier molecular flexibility index (Phi) is 11.8. The summed E-state index contributed by atoms with van der Waals surface area (Å²) in [4.78, 5) is 28.8. The number of halogens is 1. The fourth-order valence-electron chi connectivity index (χ4n) is 4.35. The van der Waals surface area contributed by atoms with Crippen LogP contribution in [-0.4, -0.2) is 42.5 Å². The third-order valence-corrected chi connectivity index (χ3v) is 6.32. The maximum absolute atomic E-state index is 13.8. The molecule has 1 atom stereocenters. The number of amides is 2. The Balaban J connectivity index is 1.87. The Labute approximate surface area is 231 Å². The van der Waals surface area contributed by atoms with Crippen LogP contribution in [0.5, 0.6) is 11.5 Å². The molecule has 0 aliphatic rings. The van der Waals surface area contributed by atoms with Gasteiger partial charge in [-0.25, -0.2) is 4.39 Å². The lowest BCUT2D eigenvalue weighted by Gasteiger charge is -2.31. The van der Waals surface area contributed by atoms with Crippen molar-refractivity contribution in [2.45, 2.75) is 59.0 Å². The summed E-state index contributed by atoms with van der Waals surface area (Å²) in [6, 6.07) is 20.7. The van der Waals surface area contributed by atoms with Crippen molar-refractivity contribution in [3.8, 4) is 11.5 Å². The predicted molar refractivity (Wildman–Crippen MR) is 151 cm³/mol. The zero-order valence-corrected chi connectivity index (χ0v) is 23.1. The molecule has 6 nitrogen and oxygen atoms in total. The molecule has 0 heterocycles. The molecule has 3 aromatic carbocycles. The van der Waals surface area contributed by atoms with E-state index < -0.39 is 6.04 Å². The summed E-state index contributed by atoms with van der Waals surface area (Å²) in [5.74, 6) is 0.615. The molecule has 0 radical (unpaired) electrons. The summed E-state index contributed by atoms with van der Waals surface area (Å²) in [7, 11) is 0. The quantitative estimate of drug-likeness (QED) is 0.271. The lowest BCUT2D eigenvalue weighted by Crippen LogP contribution is -2.50. The molecule has 0 saturated heterocycles. The number of ether oxygens (including phenoxy) is 2. The first-order valence-electron chi connectivity index (χ1n) is 13.7. The van der Waals surface area contributed by atoms with Crippen molar-refractivity contribution in [1.29, 1.82) is 0 Å². The van der Waals surface area contributed by atoms with Crippen LogP contribution in [0.25, 0.3) is 0 Å². The smallest absolute Gasteiger partial charge is 0.243 e. The number of benzene rings is 3. The monoisotopic (exact) mass is 534 g/mol. The molecule has 0 aliphatic carbocycles. The maximum atomic E-state index is 13.8. The van der Waals surface area contributed by atoms with Crippen molar-refractivity contribution >= 4 is 11.8 Å². The zero-order valence-electron chi connectivity index (χ0n) is 23.1. The summed E-state index contributed by atoms with van der Waals surface area (Å²) in [5.41, 5.74) is 2.65. The third kappa shape index (κ3) is 9.13. The van der Waals surface area contributed by atoms with Crippen LogP contribution in [0.15, 0.2) is 72.8 Å². The van der Waals surface area contributed by atoms with E-state index in [2.05, 4.69) is 5.32 Å². The van der Waals surface area contributed by atoms with E-state index in [0.29, 0.717) is 44.1 Å². The van der Waals surface area contributed by atoms with E-state index in [1.165, 1.54) is 12.1 Å². The van der Waals surface area contributed by atoms with E-state index >= 15 is 0 Å². The van der Waals surface area contributed by atoms with Gasteiger partial charge in [-0.05, 0) is 67.6 Å². The van der Waals surface area contributed by atoms with Crippen molar-refractivity contribution in [3.63, 3.8) is 0 Å². The molecule has 0 aliphatic heterocycles. The molecule has 3 rings (SSSR count). The van der Waals surface area contributed by atoms with Gasteiger partial charge in [0, 0.05) is 25.9 Å². The van der Waals surface area contributed by atoms with E-state index in [9.17, 15) is 14.0 Å². The molecule has 2 amide bonds. The average Bonchev–Trinajstić information content (AvgIpc) is 2.95. The molecule has 0 saturated carbocycles. The number of nitrogens with zero attached hydrogens (tertiary/aromatic N) is 1. The Bertz CT molecular complexity index is 1180. The van der Waals surface area contributed by atoms with Gasteiger partial charge in [0.1, 0.15) is 11.9 Å². The van der Waals surface area contributed by atoms with Crippen LogP contribution in [0.2, 0.25) is 0 Å². The molecule has 1 unspecified atom stereocenters. The molecule has 3 aromatic rings. The van der Waals surface area contributed by atoms with Gasteiger partial charge in [0.25, 0.3) is 0 Å². The maximum Gasteiger partial charge on any atom is 0.243 e. The molecular formula is C32H39FN2O4. The van der Waals surface area contributed by atoms with Gasteiger partial charge in [-0.1, -0.05) is 55.5 Å². The molecule has 0 aromatic heterocycles. The van der Waals surface area contributed by atoms with Crippen molar-refractivity contribution in [2.24, 2.45) is 0 Å². The Morgan fingerprint density at radius 2 is 1.51 bits per heavy atom. The van der Waals surface area contributed by atoms with Crippen molar-refractivity contribution in [2.75, 3.05) is 19.8 Å². The highest BCUT2D eigenvalue weighted by atomic mass is 19.1. The SMILES string of the molecule is CCCNC(=O)C(Cc1ccccc1)N(Cc1ccc(F)cc1)C(=O)CCc1ccc(OCC)c(OCC)c1. The fraction of sp³-hybridized carbons (Fsp3) is 0.375. The number of rotatable bonds is 15. The van der Waals surface area contributed by atoms with E-state index in [-0.39, 0.29) is 30.6 Å². The fourth-order valence-corrected chi connectivity index (χ4v) is 4.35. The molecular weight excluding hydrogens is 495 g/mol. The molecule has 1 N–H and O–H groups in total. The van der Waals surface area contributed by atoms with E-state index in [4.69, 9.17) is 9.47 Å². The lowest BCUT2D eigenvalue weighted by atomic mass is 10.0. The number of nitrogens with one attached hydrogen (secondary N) is 1. The van der Waals surface area contributed by atoms with Crippen LogP contribution in [0.3, 0.4) is 0 Å². The lowest BCUT2D eigenvalue weighted by molar-refractivity contribution is -0.141. The van der Waals surface area contributed by atoms with Crippen LogP contribution in [-0.2, 0) is 29.0 Å². The number of carbonyl (C=O) groups is 2. The second kappa shape index (κ2) is 15.5. The number of carbonyl (C=O) groups excluding carboxylic acids is 2. The van der Waals surface area contributed by atoms with Crippen LogP contribution in [0.4, 0.5) is 4.39 Å². The summed E-state index contributed by atoms with van der Waals surface area (Å²) < 4.78 is 25.0. The molecule has 39 heavy (non-hydrogen) atoms. The van der Waals surface area contributed by atoms with Crippen molar-refractivity contribution in [3.05, 3.63) is 95.3 Å². The van der Waals surface area contributed by atoms with Gasteiger partial charge >= 0.3 is 0 Å². The molecule has 208 valence electrons. The molecule has 0 spiro atoms. The minimum absolute atomic E-state index is 0.154. The van der Waals surface area contributed by atoms with Crippen molar-refractivity contribution < 1.29 is 23.5 Å². The number of hydrogen-bond acceptors (Lipinski definition) is 4. The highest BCUT2D eigenvalue weighted by Crippen LogP contribution is 2.29. The van der Waals surface area contributed by atoms with Crippen LogP contribution in [0.1, 0.15) is 50.3 Å². The van der Waals surface area contributed by atoms with Gasteiger partial charge < -0.3 is 19.7 Å². The van der Waals surface area contributed by atoms with Gasteiger partial charge in [0.2, 0.25) is 11.8 Å².